The van der Waals surface area contributed by atoms with Gasteiger partial charge in [-0.25, -0.2) is 14.7 Å². The largest absolute Gasteiger partial charge is 0.491 e. The monoisotopic (exact) mass is 1170 g/mol. The maximum atomic E-state index is 14.2. The van der Waals surface area contributed by atoms with Crippen molar-refractivity contribution in [1.29, 1.82) is 5.26 Å². The third kappa shape index (κ3) is 14.7. The van der Waals surface area contributed by atoms with E-state index >= 15 is 0 Å². The number of urea groups is 1. The first-order valence-electron chi connectivity index (χ1n) is 27.4. The van der Waals surface area contributed by atoms with Gasteiger partial charge in [-0.3, -0.25) is 24.1 Å². The van der Waals surface area contributed by atoms with Crippen LogP contribution in [0.15, 0.2) is 90.4 Å². The summed E-state index contributed by atoms with van der Waals surface area (Å²) in [6.07, 6.45) is -4.13. The summed E-state index contributed by atoms with van der Waals surface area (Å²) in [6.45, 7) is 12.6. The number of aryl methyl sites for hydroxylation is 1. The zero-order chi connectivity index (χ0) is 59.4. The number of unbranched alkanes of at least 4 members (excludes halogenated alkanes) is 1. The summed E-state index contributed by atoms with van der Waals surface area (Å²) < 4.78 is 75.9. The van der Waals surface area contributed by atoms with Gasteiger partial charge in [-0.05, 0) is 105 Å². The molecule has 8 rings (SSSR count). The second-order valence-electron chi connectivity index (χ2n) is 21.0. The van der Waals surface area contributed by atoms with E-state index in [0.29, 0.717) is 85.5 Å². The number of halogens is 3. The summed E-state index contributed by atoms with van der Waals surface area (Å²) in [7, 11) is 0. The molecule has 1 unspecified atom stereocenters. The van der Waals surface area contributed by atoms with Crippen LogP contribution in [-0.4, -0.2) is 146 Å². The first kappa shape index (κ1) is 61.6. The number of β-amino-alcohol motifs (C(OH)–C–C–N with tert-alkyl or cyclic N) is 1. The number of nitrogens with zero attached hydrogens (tertiary/aromatic N) is 6. The lowest BCUT2D eigenvalue weighted by molar-refractivity contribution is -0.143. The number of hydrogen-bond acceptors (Lipinski definition) is 15. The molecule has 5 aromatic rings. The van der Waals surface area contributed by atoms with Crippen molar-refractivity contribution in [3.63, 3.8) is 0 Å². The molecule has 2 saturated heterocycles. The van der Waals surface area contributed by atoms with Crippen molar-refractivity contribution in [1.82, 2.24) is 20.1 Å². The number of nitriles is 1. The summed E-state index contributed by atoms with van der Waals surface area (Å²) in [4.78, 5) is 78.8. The smallest absolute Gasteiger partial charge is 0.417 e. The summed E-state index contributed by atoms with van der Waals surface area (Å²) in [6, 6.07) is 21.0. The molecule has 2 fully saturated rings. The second kappa shape index (κ2) is 27.7. The van der Waals surface area contributed by atoms with Gasteiger partial charge in [-0.1, -0.05) is 44.2 Å². The van der Waals surface area contributed by atoms with E-state index in [1.165, 1.54) is 41.1 Å². The number of carbonyl (C=O) groups is 5. The van der Waals surface area contributed by atoms with E-state index in [4.69, 9.17) is 33.7 Å². The molecule has 4 heterocycles. The van der Waals surface area contributed by atoms with Gasteiger partial charge in [-0.15, -0.1) is 11.3 Å². The Morgan fingerprint density at radius 1 is 0.843 bits per heavy atom. The number of carbonyl (C=O) groups excluding carboxylic acids is 5. The number of benzene rings is 4. The van der Waals surface area contributed by atoms with Crippen molar-refractivity contribution in [2.45, 2.75) is 96.9 Å². The minimum atomic E-state index is -4.87. The number of anilines is 2. The van der Waals surface area contributed by atoms with Crippen LogP contribution >= 0.6 is 11.3 Å². The van der Waals surface area contributed by atoms with Gasteiger partial charge in [0, 0.05) is 56.1 Å². The Bertz CT molecular complexity index is 3150. The summed E-state index contributed by atoms with van der Waals surface area (Å²) in [5, 5.41) is 22.9. The fraction of sp³-hybridized carbons (Fsp3) is 0.450. The number of thiazole rings is 1. The van der Waals surface area contributed by atoms with Crippen LogP contribution < -0.4 is 24.6 Å². The average molecular weight is 1170 g/mol. The Balaban J connectivity index is 0.687. The number of alkyl halides is 3. The van der Waals surface area contributed by atoms with E-state index < -0.39 is 58.9 Å². The highest BCUT2D eigenvalue weighted by Crippen LogP contribution is 2.40. The van der Waals surface area contributed by atoms with Gasteiger partial charge < -0.3 is 48.6 Å². The minimum absolute atomic E-state index is 0.0197. The van der Waals surface area contributed by atoms with E-state index in [1.54, 1.807) is 46.8 Å². The predicted octanol–water partition coefficient (Wildman–Crippen LogP) is 8.32. The highest BCUT2D eigenvalue weighted by atomic mass is 32.1. The highest BCUT2D eigenvalue weighted by molar-refractivity contribution is 7.13. The Kier molecular flexibility index (Phi) is 20.6. The van der Waals surface area contributed by atoms with Crippen molar-refractivity contribution in [3.05, 3.63) is 124 Å². The molecule has 1 aromatic heterocycles. The molecule has 0 spiro atoms. The molecular formula is C60H68F3N7O12S. The Morgan fingerprint density at radius 3 is 2.11 bits per heavy atom. The molecule has 19 nitrogen and oxygen atoms in total. The summed E-state index contributed by atoms with van der Waals surface area (Å²) in [5.41, 5.74) is 2.41. The third-order valence-electron chi connectivity index (χ3n) is 14.5. The topological polar surface area (TPSA) is 223 Å². The number of rotatable bonds is 28. The number of aliphatic hydroxyl groups excluding tert-OH is 1. The Labute approximate surface area is 483 Å². The lowest BCUT2D eigenvalue weighted by Gasteiger charge is -2.35. The number of aromatic nitrogens is 1. The number of amides is 6. The zero-order valence-electron chi connectivity index (χ0n) is 46.9. The maximum Gasteiger partial charge on any atom is 0.417 e. The molecule has 442 valence electrons. The number of ether oxygens (including phenoxy) is 6. The number of likely N-dealkylation sites (tertiary alicyclic amines) is 1. The Morgan fingerprint density at radius 2 is 1.48 bits per heavy atom. The van der Waals surface area contributed by atoms with Crippen molar-refractivity contribution >= 4 is 52.4 Å². The fourth-order valence-electron chi connectivity index (χ4n) is 10.2. The molecular weight excluding hydrogens is 1100 g/mol. The lowest BCUT2D eigenvalue weighted by atomic mass is 10.0. The molecule has 4 aromatic carbocycles. The van der Waals surface area contributed by atoms with Crippen LogP contribution in [0, 0.1) is 24.2 Å². The molecule has 0 saturated carbocycles. The molecule has 3 aliphatic rings. The van der Waals surface area contributed by atoms with Crippen LogP contribution in [0.4, 0.5) is 29.3 Å². The normalized spacial score (nSPS) is 17.1. The van der Waals surface area contributed by atoms with Crippen molar-refractivity contribution in [2.24, 2.45) is 5.92 Å². The van der Waals surface area contributed by atoms with E-state index in [1.807, 2.05) is 51.1 Å². The number of imide groups is 1. The van der Waals surface area contributed by atoms with Gasteiger partial charge in [0.1, 0.15) is 42.3 Å². The second-order valence-corrected chi connectivity index (χ2v) is 21.8. The molecule has 2 N–H and O–H groups in total. The Hall–Kier alpha value is -7.46. The molecule has 0 bridgehead atoms. The van der Waals surface area contributed by atoms with Crippen LogP contribution in [0.5, 0.6) is 11.5 Å². The van der Waals surface area contributed by atoms with E-state index in [9.17, 15) is 42.3 Å². The molecule has 0 radical (unpaired) electrons. The average Bonchev–Trinajstić information content (AvgIpc) is 3.20. The maximum absolute atomic E-state index is 14.2. The minimum Gasteiger partial charge on any atom is -0.491 e. The van der Waals surface area contributed by atoms with Crippen molar-refractivity contribution < 1.29 is 70.7 Å². The highest BCUT2D eigenvalue weighted by Gasteiger charge is 2.53. The van der Waals surface area contributed by atoms with Gasteiger partial charge in [0.05, 0.1) is 84.7 Å². The van der Waals surface area contributed by atoms with E-state index in [2.05, 4.69) is 10.3 Å². The third-order valence-corrected chi connectivity index (χ3v) is 15.4. The van der Waals surface area contributed by atoms with Crippen molar-refractivity contribution in [3.8, 4) is 28.0 Å². The first-order chi connectivity index (χ1) is 39.8. The number of nitrogens with one attached hydrogen (secondary N) is 1. The van der Waals surface area contributed by atoms with Crippen LogP contribution in [0.1, 0.15) is 85.3 Å². The standard InChI is InChI=1S/C60H68F3N7O12S/c1-38(2)52(68-35-43-10-6-7-11-48(43)55(68)73)56(74)67-36-46(71)32-50(67)54(72)65-34-42-13-12-40(53-39(3)66-37-83-53)30-51(42)82-29-27-80-25-23-78-21-9-8-20-77-22-24-79-26-28-81-47-18-16-44(17-19-47)70-58(76)69(57(75)59(70,4)5)45-15-14-41(33-64)49(31-45)60(61,62)63/h6-7,10-19,30-31,37-38,46,50,52,71H,8-9,20-29,32,34-36H2,1-5H3,(H,65,72)/t46-,50+,52?/m1/s1. The number of hydrogen-bond donors (Lipinski definition) is 2. The molecule has 0 aliphatic carbocycles. The van der Waals surface area contributed by atoms with Gasteiger partial charge in [0.25, 0.3) is 11.8 Å². The fourth-order valence-corrected chi connectivity index (χ4v) is 11.0. The van der Waals surface area contributed by atoms with E-state index in [0.717, 1.165) is 46.7 Å². The van der Waals surface area contributed by atoms with Gasteiger partial charge in [-0.2, -0.15) is 18.4 Å². The SMILES string of the molecule is Cc1ncsc1-c1ccc(CNC(=O)[C@@H]2C[C@@H](O)CN2C(=O)C(C(C)C)N2Cc3ccccc3C2=O)c(OCCOCCOCCCCOCCOCCOc2ccc(N3C(=O)N(c4ccc(C#N)c(C(F)(F)F)c4)C(=O)C3(C)C)cc2)c1. The predicted molar refractivity (Wildman–Crippen MR) is 301 cm³/mol. The van der Waals surface area contributed by atoms with Gasteiger partial charge in [0.15, 0.2) is 0 Å². The quantitative estimate of drug-likeness (QED) is 0.0355. The molecule has 3 atom stereocenters. The van der Waals surface area contributed by atoms with Gasteiger partial charge >= 0.3 is 12.2 Å². The molecule has 6 amide bonds. The van der Waals surface area contributed by atoms with E-state index in [-0.39, 0.29) is 69.4 Å². The molecule has 23 heteroatoms. The van der Waals surface area contributed by atoms with Crippen LogP contribution in [0.2, 0.25) is 0 Å². The van der Waals surface area contributed by atoms with Crippen LogP contribution in [0.3, 0.4) is 0 Å². The first-order valence-corrected chi connectivity index (χ1v) is 28.3. The number of aliphatic hydroxyl groups is 1. The summed E-state index contributed by atoms with van der Waals surface area (Å²) in [5.74, 6) is -0.977. The molecule has 3 aliphatic heterocycles. The molecule has 83 heavy (non-hydrogen) atoms. The van der Waals surface area contributed by atoms with Crippen LogP contribution in [-0.2, 0) is 52.6 Å². The zero-order valence-corrected chi connectivity index (χ0v) is 47.8. The number of fused-ring (bicyclic) bond motifs is 1. The van der Waals surface area contributed by atoms with Gasteiger partial charge in [0.2, 0.25) is 11.8 Å². The van der Waals surface area contributed by atoms with Crippen molar-refractivity contribution in [2.75, 3.05) is 82.4 Å². The lowest BCUT2D eigenvalue weighted by Crippen LogP contribution is -2.55. The summed E-state index contributed by atoms with van der Waals surface area (Å²) >= 11 is 1.51. The van der Waals surface area contributed by atoms with Crippen LogP contribution in [0.25, 0.3) is 10.4 Å².